The van der Waals surface area contributed by atoms with Gasteiger partial charge in [-0.1, -0.05) is 20.8 Å². The average Bonchev–Trinajstić information content (AvgIpc) is 2.75. The van der Waals surface area contributed by atoms with Gasteiger partial charge < -0.3 is 29.9 Å². The quantitative estimate of drug-likeness (QED) is 0.331. The Labute approximate surface area is 194 Å². The zero-order chi connectivity index (χ0) is 24.9. The van der Waals surface area contributed by atoms with E-state index in [1.165, 1.54) is 16.8 Å². The smallest absolute Gasteiger partial charge is 0.248 e. The molecule has 0 heterocycles. The van der Waals surface area contributed by atoms with E-state index in [4.69, 9.17) is 15.2 Å². The lowest BCUT2D eigenvalue weighted by Gasteiger charge is -2.36. The molecule has 32 heavy (non-hydrogen) atoms. The van der Waals surface area contributed by atoms with E-state index in [1.807, 2.05) is 20.8 Å². The van der Waals surface area contributed by atoms with Gasteiger partial charge in [0, 0.05) is 47.2 Å². The highest BCUT2D eigenvalue weighted by Crippen LogP contribution is 2.20. The van der Waals surface area contributed by atoms with Gasteiger partial charge in [0.1, 0.15) is 12.1 Å². The molecule has 0 aromatic rings. The summed E-state index contributed by atoms with van der Waals surface area (Å²) in [5.74, 6) is -1.14. The highest BCUT2D eigenvalue weighted by atomic mass is 16.5. The summed E-state index contributed by atoms with van der Waals surface area (Å²) in [6, 6.07) is -1.70. The van der Waals surface area contributed by atoms with Crippen molar-refractivity contribution < 1.29 is 23.9 Å². The number of methoxy groups -OCH3 is 1. The Kier molecular flexibility index (Phi) is 14.4. The molecule has 0 aromatic carbocycles. The van der Waals surface area contributed by atoms with Crippen LogP contribution in [0.25, 0.3) is 0 Å². The van der Waals surface area contributed by atoms with Crippen molar-refractivity contribution in [2.45, 2.75) is 78.0 Å². The normalized spacial score (nSPS) is 13.7. The minimum absolute atomic E-state index is 0.0620. The third kappa shape index (κ3) is 10.3. The van der Waals surface area contributed by atoms with Crippen LogP contribution in [-0.2, 0) is 23.9 Å². The van der Waals surface area contributed by atoms with Gasteiger partial charge in [-0.2, -0.15) is 0 Å². The van der Waals surface area contributed by atoms with Crippen LogP contribution in [0.3, 0.4) is 0 Å². The minimum atomic E-state index is -0.864. The molecule has 0 saturated carbocycles. The molecule has 9 nitrogen and oxygen atoms in total. The number of primary amides is 1. The molecule has 2 N–H and O–H groups in total. The van der Waals surface area contributed by atoms with E-state index in [9.17, 15) is 14.4 Å². The molecule has 0 spiro atoms. The number of carbonyl (C=O) groups excluding carboxylic acids is 3. The molecule has 0 bridgehead atoms. The van der Waals surface area contributed by atoms with Crippen molar-refractivity contribution in [3.8, 4) is 0 Å². The topological polar surface area (TPSA) is 105 Å². The van der Waals surface area contributed by atoms with Gasteiger partial charge in [0.05, 0.1) is 12.2 Å². The molecule has 3 amide bonds. The van der Waals surface area contributed by atoms with Gasteiger partial charge >= 0.3 is 0 Å². The lowest BCUT2D eigenvalue weighted by Crippen LogP contribution is -2.56. The molecule has 0 rings (SSSR count). The van der Waals surface area contributed by atoms with Crippen molar-refractivity contribution in [2.24, 2.45) is 5.73 Å². The Morgan fingerprint density at radius 2 is 1.59 bits per heavy atom. The zero-order valence-corrected chi connectivity index (χ0v) is 21.5. The largest absolute Gasteiger partial charge is 0.379 e. The van der Waals surface area contributed by atoms with Gasteiger partial charge in [0.2, 0.25) is 17.7 Å². The van der Waals surface area contributed by atoms with Gasteiger partial charge in [-0.05, 0) is 39.8 Å². The second kappa shape index (κ2) is 15.2. The molecule has 2 atom stereocenters. The Balaban J connectivity index is 5.38. The Bertz CT molecular complexity index is 581. The fraction of sp³-hybridized carbons (Fsp3) is 0.870. The van der Waals surface area contributed by atoms with Gasteiger partial charge in [0.25, 0.3) is 0 Å². The fourth-order valence-corrected chi connectivity index (χ4v) is 3.40. The van der Waals surface area contributed by atoms with E-state index in [-0.39, 0.29) is 24.8 Å². The van der Waals surface area contributed by atoms with Crippen LogP contribution in [0.4, 0.5) is 0 Å². The number of ether oxygens (including phenoxy) is 2. The molecule has 0 saturated heterocycles. The first-order chi connectivity index (χ1) is 14.9. The first kappa shape index (κ1) is 30.3. The van der Waals surface area contributed by atoms with Crippen LogP contribution in [0.15, 0.2) is 0 Å². The molecule has 0 fully saturated rings. The third-order valence-corrected chi connectivity index (χ3v) is 5.92. The molecule has 0 aliphatic carbocycles. The van der Waals surface area contributed by atoms with Crippen LogP contribution >= 0.6 is 0 Å². The van der Waals surface area contributed by atoms with E-state index in [2.05, 4.69) is 18.7 Å². The summed E-state index contributed by atoms with van der Waals surface area (Å²) in [6.45, 7) is 13.2. The Hall–Kier alpha value is -1.71. The van der Waals surface area contributed by atoms with Crippen LogP contribution in [0.2, 0.25) is 0 Å². The van der Waals surface area contributed by atoms with E-state index < -0.39 is 23.6 Å². The molecule has 0 radical (unpaired) electrons. The summed E-state index contributed by atoms with van der Waals surface area (Å²) in [6.07, 6.45) is 2.08. The number of rotatable bonds is 17. The molecular formula is C23H46N4O5. The van der Waals surface area contributed by atoms with E-state index >= 15 is 0 Å². The summed E-state index contributed by atoms with van der Waals surface area (Å²) in [5.41, 5.74) is 4.97. The molecule has 188 valence electrons. The van der Waals surface area contributed by atoms with Gasteiger partial charge in [-0.15, -0.1) is 0 Å². The van der Waals surface area contributed by atoms with E-state index in [1.54, 1.807) is 14.2 Å². The number of carbonyl (C=O) groups is 3. The summed E-state index contributed by atoms with van der Waals surface area (Å²) < 4.78 is 11.2. The first-order valence-electron chi connectivity index (χ1n) is 11.6. The van der Waals surface area contributed by atoms with Gasteiger partial charge in [-0.25, -0.2) is 0 Å². The van der Waals surface area contributed by atoms with Crippen LogP contribution in [0.1, 0.15) is 60.3 Å². The SMILES string of the molecule is CCCC(=O)N(C)[C@H](COCCCN(CC)CC)C(=O)N(C)[C@@H](CC(C)(C)OC)C(N)=O. The minimum Gasteiger partial charge on any atom is -0.379 e. The van der Waals surface area contributed by atoms with E-state index in [0.29, 0.717) is 19.4 Å². The molecule has 0 aliphatic rings. The maximum Gasteiger partial charge on any atom is 0.248 e. The lowest BCUT2D eigenvalue weighted by atomic mass is 9.97. The highest BCUT2D eigenvalue weighted by molar-refractivity contribution is 5.91. The summed E-state index contributed by atoms with van der Waals surface area (Å²) >= 11 is 0. The maximum atomic E-state index is 13.4. The number of hydrogen-bond acceptors (Lipinski definition) is 6. The summed E-state index contributed by atoms with van der Waals surface area (Å²) in [7, 11) is 4.69. The van der Waals surface area contributed by atoms with E-state index in [0.717, 1.165) is 26.1 Å². The van der Waals surface area contributed by atoms with Crippen LogP contribution < -0.4 is 5.73 Å². The second-order valence-corrected chi connectivity index (χ2v) is 8.76. The number of amides is 3. The molecular weight excluding hydrogens is 412 g/mol. The van der Waals surface area contributed by atoms with Crippen molar-refractivity contribution in [1.82, 2.24) is 14.7 Å². The predicted molar refractivity (Wildman–Crippen MR) is 126 cm³/mol. The first-order valence-corrected chi connectivity index (χ1v) is 11.6. The van der Waals surface area contributed by atoms with Crippen molar-refractivity contribution in [3.05, 3.63) is 0 Å². The Morgan fingerprint density at radius 1 is 1.00 bits per heavy atom. The van der Waals surface area contributed by atoms with Crippen molar-refractivity contribution in [3.63, 3.8) is 0 Å². The summed E-state index contributed by atoms with van der Waals surface area (Å²) in [5, 5.41) is 0. The maximum absolute atomic E-state index is 13.4. The van der Waals surface area contributed by atoms with Crippen LogP contribution in [0, 0.1) is 0 Å². The number of likely N-dealkylation sites (N-methyl/N-ethyl adjacent to an activating group) is 2. The second-order valence-electron chi connectivity index (χ2n) is 8.76. The fourth-order valence-electron chi connectivity index (χ4n) is 3.40. The van der Waals surface area contributed by atoms with Crippen molar-refractivity contribution >= 4 is 17.7 Å². The standard InChI is InChI=1S/C23H46N4O5/c1-9-13-20(28)25(6)19(17-32-15-12-14-27(10-2)11-3)22(30)26(7)18(21(24)29)16-23(4,5)31-8/h18-19H,9-17H2,1-8H3,(H2,24,29)/t18-,19+/m0/s1. The van der Waals surface area contributed by atoms with Crippen LogP contribution in [-0.4, -0.2) is 104 Å². The molecule has 9 heteroatoms. The van der Waals surface area contributed by atoms with Gasteiger partial charge in [-0.3, -0.25) is 14.4 Å². The zero-order valence-electron chi connectivity index (χ0n) is 21.5. The molecule has 0 unspecified atom stereocenters. The monoisotopic (exact) mass is 458 g/mol. The van der Waals surface area contributed by atoms with Gasteiger partial charge in [0.15, 0.2) is 0 Å². The average molecular weight is 459 g/mol. The Morgan fingerprint density at radius 3 is 2.06 bits per heavy atom. The molecule has 0 aliphatic heterocycles. The predicted octanol–water partition coefficient (Wildman–Crippen LogP) is 1.49. The van der Waals surface area contributed by atoms with Crippen molar-refractivity contribution in [2.75, 3.05) is 54.1 Å². The molecule has 0 aromatic heterocycles. The highest BCUT2D eigenvalue weighted by Gasteiger charge is 2.36. The number of nitrogens with two attached hydrogens (primary N) is 1. The lowest BCUT2D eigenvalue weighted by molar-refractivity contribution is -0.150. The summed E-state index contributed by atoms with van der Waals surface area (Å²) in [4.78, 5) is 43.1. The number of nitrogens with zero attached hydrogens (tertiary/aromatic N) is 3. The van der Waals surface area contributed by atoms with Crippen molar-refractivity contribution in [1.29, 1.82) is 0 Å². The number of hydrogen-bond donors (Lipinski definition) is 1. The van der Waals surface area contributed by atoms with Crippen LogP contribution in [0.5, 0.6) is 0 Å². The third-order valence-electron chi connectivity index (χ3n) is 5.92.